The molecule has 3 aliphatic heterocycles. The quantitative estimate of drug-likeness (QED) is 0.519. The molecule has 0 radical (unpaired) electrons. The van der Waals surface area contributed by atoms with Gasteiger partial charge >= 0.3 is 0 Å². The maximum Gasteiger partial charge on any atom is 0.191 e. The van der Waals surface area contributed by atoms with Crippen molar-refractivity contribution in [3.8, 4) is 0 Å². The molecule has 1 atom stereocenters. The van der Waals surface area contributed by atoms with Crippen LogP contribution in [0.1, 0.15) is 37.8 Å². The summed E-state index contributed by atoms with van der Waals surface area (Å²) < 4.78 is 5.51. The SMILES string of the molecule is CN=C(NCCc1csc(N2CCCC2)n1)NC1CCN(CC2CCOC2)CC1. The molecule has 3 aliphatic rings. The Morgan fingerprint density at radius 3 is 2.79 bits per heavy atom. The second-order valence-corrected chi connectivity index (χ2v) is 9.35. The second-order valence-electron chi connectivity index (χ2n) is 8.51. The number of hydrogen-bond acceptors (Lipinski definition) is 6. The third kappa shape index (κ3) is 6.06. The van der Waals surface area contributed by atoms with E-state index in [2.05, 4.69) is 30.8 Å². The Morgan fingerprint density at radius 2 is 2.07 bits per heavy atom. The lowest BCUT2D eigenvalue weighted by Crippen LogP contribution is -2.49. The van der Waals surface area contributed by atoms with Gasteiger partial charge in [0.1, 0.15) is 0 Å². The molecule has 0 aromatic carbocycles. The maximum atomic E-state index is 5.51. The van der Waals surface area contributed by atoms with Gasteiger partial charge in [-0.3, -0.25) is 4.99 Å². The molecule has 29 heavy (non-hydrogen) atoms. The van der Waals surface area contributed by atoms with Crippen molar-refractivity contribution in [2.75, 3.05) is 64.4 Å². The van der Waals surface area contributed by atoms with Crippen LogP contribution in [-0.4, -0.2) is 81.4 Å². The third-order valence-corrected chi connectivity index (χ3v) is 7.23. The molecule has 0 spiro atoms. The van der Waals surface area contributed by atoms with Crippen molar-refractivity contribution in [3.05, 3.63) is 11.1 Å². The molecule has 0 saturated carbocycles. The van der Waals surface area contributed by atoms with Crippen LogP contribution in [0, 0.1) is 5.92 Å². The second kappa shape index (κ2) is 10.6. The van der Waals surface area contributed by atoms with Crippen molar-refractivity contribution in [3.63, 3.8) is 0 Å². The Balaban J connectivity index is 1.14. The molecule has 0 bridgehead atoms. The summed E-state index contributed by atoms with van der Waals surface area (Å²) in [6, 6.07) is 0.512. The van der Waals surface area contributed by atoms with Crippen molar-refractivity contribution >= 4 is 22.4 Å². The molecule has 4 heterocycles. The van der Waals surface area contributed by atoms with Crippen LogP contribution in [0.3, 0.4) is 0 Å². The first-order chi connectivity index (χ1) is 14.3. The van der Waals surface area contributed by atoms with Crippen LogP contribution >= 0.6 is 11.3 Å². The normalized spacial score (nSPS) is 24.4. The predicted molar refractivity (Wildman–Crippen MR) is 120 cm³/mol. The van der Waals surface area contributed by atoms with Crippen LogP contribution in [0.15, 0.2) is 10.4 Å². The zero-order chi connectivity index (χ0) is 19.9. The van der Waals surface area contributed by atoms with E-state index in [4.69, 9.17) is 9.72 Å². The van der Waals surface area contributed by atoms with Gasteiger partial charge < -0.3 is 25.2 Å². The Hall–Kier alpha value is -1.38. The van der Waals surface area contributed by atoms with E-state index < -0.39 is 0 Å². The third-order valence-electron chi connectivity index (χ3n) is 6.28. The summed E-state index contributed by atoms with van der Waals surface area (Å²) in [5.41, 5.74) is 1.18. The number of anilines is 1. The van der Waals surface area contributed by atoms with Crippen molar-refractivity contribution < 1.29 is 4.74 Å². The Kier molecular flexibility index (Phi) is 7.62. The summed E-state index contributed by atoms with van der Waals surface area (Å²) in [7, 11) is 1.86. The lowest BCUT2D eigenvalue weighted by Gasteiger charge is -2.34. The molecule has 0 amide bonds. The molecule has 3 fully saturated rings. The average molecular weight is 421 g/mol. The predicted octanol–water partition coefficient (Wildman–Crippen LogP) is 1.95. The van der Waals surface area contributed by atoms with E-state index in [-0.39, 0.29) is 0 Å². The number of nitrogens with zero attached hydrogens (tertiary/aromatic N) is 4. The number of rotatable bonds is 7. The fourth-order valence-electron chi connectivity index (χ4n) is 4.51. The fourth-order valence-corrected chi connectivity index (χ4v) is 5.43. The Bertz CT molecular complexity index is 645. The van der Waals surface area contributed by atoms with E-state index in [0.29, 0.717) is 6.04 Å². The van der Waals surface area contributed by atoms with E-state index in [1.54, 1.807) is 11.3 Å². The lowest BCUT2D eigenvalue weighted by atomic mass is 10.0. The highest BCUT2D eigenvalue weighted by Gasteiger charge is 2.24. The minimum atomic E-state index is 0.512. The molecule has 0 aliphatic carbocycles. The van der Waals surface area contributed by atoms with Gasteiger partial charge in [0.25, 0.3) is 0 Å². The molecule has 3 saturated heterocycles. The molecule has 2 N–H and O–H groups in total. The largest absolute Gasteiger partial charge is 0.381 e. The minimum absolute atomic E-state index is 0.512. The van der Waals surface area contributed by atoms with Crippen molar-refractivity contribution in [1.29, 1.82) is 0 Å². The van der Waals surface area contributed by atoms with Gasteiger partial charge in [0.2, 0.25) is 0 Å². The van der Waals surface area contributed by atoms with E-state index >= 15 is 0 Å². The number of aliphatic imine (C=N–C) groups is 1. The van der Waals surface area contributed by atoms with E-state index in [9.17, 15) is 0 Å². The lowest BCUT2D eigenvalue weighted by molar-refractivity contribution is 0.150. The van der Waals surface area contributed by atoms with Gasteiger partial charge in [-0.25, -0.2) is 4.98 Å². The molecule has 1 unspecified atom stereocenters. The number of ether oxygens (including phenoxy) is 1. The fraction of sp³-hybridized carbons (Fsp3) is 0.810. The highest BCUT2D eigenvalue weighted by molar-refractivity contribution is 7.13. The molecular formula is C21H36N6OS. The van der Waals surface area contributed by atoms with Gasteiger partial charge in [0, 0.05) is 70.8 Å². The molecule has 1 aromatic rings. The Labute approximate surface area is 178 Å². The van der Waals surface area contributed by atoms with Gasteiger partial charge in [-0.2, -0.15) is 0 Å². The van der Waals surface area contributed by atoms with Crippen LogP contribution in [0.5, 0.6) is 0 Å². The van der Waals surface area contributed by atoms with Gasteiger partial charge in [-0.05, 0) is 38.0 Å². The van der Waals surface area contributed by atoms with Gasteiger partial charge in [-0.1, -0.05) is 0 Å². The van der Waals surface area contributed by atoms with Crippen LogP contribution in [0.4, 0.5) is 5.13 Å². The van der Waals surface area contributed by atoms with E-state index in [1.807, 2.05) is 7.05 Å². The van der Waals surface area contributed by atoms with Crippen LogP contribution in [0.2, 0.25) is 0 Å². The number of nitrogens with one attached hydrogen (secondary N) is 2. The molecule has 7 nitrogen and oxygen atoms in total. The van der Waals surface area contributed by atoms with Crippen molar-refractivity contribution in [1.82, 2.24) is 20.5 Å². The molecular weight excluding hydrogens is 384 g/mol. The molecule has 1 aromatic heterocycles. The first-order valence-electron chi connectivity index (χ1n) is 11.3. The summed E-state index contributed by atoms with van der Waals surface area (Å²) in [5.74, 6) is 1.66. The number of likely N-dealkylation sites (tertiary alicyclic amines) is 1. The summed E-state index contributed by atoms with van der Waals surface area (Å²) >= 11 is 1.78. The average Bonchev–Trinajstić information content (AvgIpc) is 3.51. The number of piperidine rings is 1. The monoisotopic (exact) mass is 420 g/mol. The standard InChI is InChI=1S/C21H36N6OS/c1-22-20(23-8-4-19-16-29-21(25-19)27-9-2-3-10-27)24-18-5-11-26(12-6-18)14-17-7-13-28-15-17/h16-18H,2-15H2,1H3,(H2,22,23,24). The van der Waals surface area contributed by atoms with E-state index in [1.165, 1.54) is 62.6 Å². The topological polar surface area (TPSA) is 65.0 Å². The molecule has 162 valence electrons. The van der Waals surface area contributed by atoms with Crippen LogP contribution in [0.25, 0.3) is 0 Å². The summed E-state index contributed by atoms with van der Waals surface area (Å²) in [4.78, 5) is 14.2. The van der Waals surface area contributed by atoms with Crippen molar-refractivity contribution in [2.45, 2.75) is 44.6 Å². The molecule has 4 rings (SSSR count). The Morgan fingerprint density at radius 1 is 1.24 bits per heavy atom. The van der Waals surface area contributed by atoms with Gasteiger partial charge in [0.05, 0.1) is 12.3 Å². The number of aromatic nitrogens is 1. The molecule has 8 heteroatoms. The highest BCUT2D eigenvalue weighted by Crippen LogP contribution is 2.24. The van der Waals surface area contributed by atoms with Crippen molar-refractivity contribution in [2.24, 2.45) is 10.9 Å². The van der Waals surface area contributed by atoms with Crippen LogP contribution < -0.4 is 15.5 Å². The zero-order valence-corrected chi connectivity index (χ0v) is 18.6. The highest BCUT2D eigenvalue weighted by atomic mass is 32.1. The number of thiazole rings is 1. The smallest absolute Gasteiger partial charge is 0.191 e. The first kappa shape index (κ1) is 20.9. The van der Waals surface area contributed by atoms with Gasteiger partial charge in [0.15, 0.2) is 11.1 Å². The number of hydrogen-bond donors (Lipinski definition) is 2. The summed E-state index contributed by atoms with van der Waals surface area (Å²) in [6.45, 7) is 8.63. The zero-order valence-electron chi connectivity index (χ0n) is 17.7. The number of guanidine groups is 1. The van der Waals surface area contributed by atoms with Gasteiger partial charge in [-0.15, -0.1) is 11.3 Å². The summed E-state index contributed by atoms with van der Waals surface area (Å²) in [6.07, 6.45) is 7.12. The first-order valence-corrected chi connectivity index (χ1v) is 12.1. The maximum absolute atomic E-state index is 5.51. The summed E-state index contributed by atoms with van der Waals surface area (Å²) in [5, 5.41) is 10.5. The van der Waals surface area contributed by atoms with Crippen LogP contribution in [-0.2, 0) is 11.2 Å². The minimum Gasteiger partial charge on any atom is -0.381 e. The van der Waals surface area contributed by atoms with E-state index in [0.717, 1.165) is 51.1 Å².